The fourth-order valence-corrected chi connectivity index (χ4v) is 2.26. The Bertz CT molecular complexity index is 795. The average Bonchev–Trinajstić information content (AvgIpc) is 2.53. The minimum atomic E-state index is -1.07. The monoisotopic (exact) mass is 394 g/mol. The Kier molecular flexibility index (Phi) is 5.56. The van der Waals surface area contributed by atoms with E-state index in [-0.39, 0.29) is 16.9 Å². The van der Waals surface area contributed by atoms with Crippen LogP contribution in [0, 0.1) is 12.7 Å². The van der Waals surface area contributed by atoms with Gasteiger partial charge in [0.25, 0.3) is 5.91 Å². The van der Waals surface area contributed by atoms with Gasteiger partial charge in [0.1, 0.15) is 5.82 Å². The van der Waals surface area contributed by atoms with Gasteiger partial charge in [-0.15, -0.1) is 0 Å². The van der Waals surface area contributed by atoms with Gasteiger partial charge in [0.05, 0.1) is 5.56 Å². The number of amides is 1. The highest BCUT2D eigenvalue weighted by Gasteiger charge is 2.21. The van der Waals surface area contributed by atoms with Gasteiger partial charge in [0.2, 0.25) is 0 Å². The zero-order valence-electron chi connectivity index (χ0n) is 13.1. The second-order valence-electron chi connectivity index (χ2n) is 5.23. The highest BCUT2D eigenvalue weighted by Crippen LogP contribution is 2.20. The summed E-state index contributed by atoms with van der Waals surface area (Å²) in [6, 6.07) is 9.07. The lowest BCUT2D eigenvalue weighted by Gasteiger charge is -2.14. The van der Waals surface area contributed by atoms with Gasteiger partial charge in [0, 0.05) is 15.8 Å². The molecule has 2 aromatic carbocycles. The molecule has 0 bridgehead atoms. The molecule has 0 aliphatic rings. The van der Waals surface area contributed by atoms with Crippen molar-refractivity contribution in [1.82, 2.24) is 0 Å². The summed E-state index contributed by atoms with van der Waals surface area (Å²) in [6.07, 6.45) is -1.07. The second-order valence-corrected chi connectivity index (χ2v) is 6.15. The van der Waals surface area contributed by atoms with Gasteiger partial charge in [-0.3, -0.25) is 4.79 Å². The van der Waals surface area contributed by atoms with Gasteiger partial charge < -0.3 is 15.8 Å². The number of carbonyl (C=O) groups excluding carboxylic acids is 2. The molecule has 1 atom stereocenters. The molecule has 0 unspecified atom stereocenters. The maximum atomic E-state index is 13.5. The number of hydrogen-bond donors (Lipinski definition) is 2. The lowest BCUT2D eigenvalue weighted by atomic mass is 10.2. The van der Waals surface area contributed by atoms with Crippen LogP contribution in [0.1, 0.15) is 22.8 Å². The van der Waals surface area contributed by atoms with Gasteiger partial charge in [-0.2, -0.15) is 0 Å². The van der Waals surface area contributed by atoms with E-state index in [1.807, 2.05) is 0 Å². The molecule has 2 rings (SSSR count). The summed E-state index contributed by atoms with van der Waals surface area (Å²) in [5.74, 6) is -1.72. The number of nitrogens with two attached hydrogens (primary N) is 1. The van der Waals surface area contributed by atoms with Crippen LogP contribution < -0.4 is 11.1 Å². The molecule has 0 aliphatic heterocycles. The molecule has 0 aromatic heterocycles. The van der Waals surface area contributed by atoms with Crippen molar-refractivity contribution in [3.63, 3.8) is 0 Å². The number of halogens is 2. The van der Waals surface area contributed by atoms with Crippen molar-refractivity contribution in [2.45, 2.75) is 20.0 Å². The second kappa shape index (κ2) is 7.44. The van der Waals surface area contributed by atoms with E-state index in [1.54, 1.807) is 31.2 Å². The van der Waals surface area contributed by atoms with Gasteiger partial charge >= 0.3 is 5.97 Å². The molecule has 0 fully saturated rings. The number of esters is 1. The largest absolute Gasteiger partial charge is 0.449 e. The third-order valence-electron chi connectivity index (χ3n) is 3.33. The van der Waals surface area contributed by atoms with Crippen molar-refractivity contribution < 1.29 is 18.7 Å². The number of benzene rings is 2. The summed E-state index contributed by atoms with van der Waals surface area (Å²) in [4.78, 5) is 24.2. The van der Waals surface area contributed by atoms with Gasteiger partial charge in [0.15, 0.2) is 6.10 Å². The first kappa shape index (κ1) is 17.9. The van der Waals surface area contributed by atoms with Crippen LogP contribution in [-0.2, 0) is 9.53 Å². The number of hydrogen-bond acceptors (Lipinski definition) is 4. The number of aryl methyl sites for hydroxylation is 1. The van der Waals surface area contributed by atoms with Crippen LogP contribution in [0.25, 0.3) is 0 Å². The van der Waals surface area contributed by atoms with E-state index < -0.39 is 23.8 Å². The van der Waals surface area contributed by atoms with E-state index in [1.165, 1.54) is 19.1 Å². The Balaban J connectivity index is 2.04. The summed E-state index contributed by atoms with van der Waals surface area (Å²) in [7, 11) is 0. The first-order valence-electron chi connectivity index (χ1n) is 7.11. The molecule has 0 saturated carbocycles. The highest BCUT2D eigenvalue weighted by atomic mass is 79.9. The van der Waals surface area contributed by atoms with Crippen molar-refractivity contribution in [2.75, 3.05) is 11.1 Å². The standard InChI is InChI=1S/C17H16BrFN2O3/c1-9-3-5-12(8-14(9)19)21-16(22)10(2)24-17(23)13-7-11(18)4-6-15(13)20/h3-8,10H,20H2,1-2H3,(H,21,22)/t10-/m1/s1. The van der Waals surface area contributed by atoms with Crippen molar-refractivity contribution in [1.29, 1.82) is 0 Å². The fraction of sp³-hybridized carbons (Fsp3) is 0.176. The summed E-state index contributed by atoms with van der Waals surface area (Å²) in [5, 5.41) is 2.50. The number of rotatable bonds is 4. The molecular weight excluding hydrogens is 379 g/mol. The van der Waals surface area contributed by atoms with E-state index >= 15 is 0 Å². The predicted octanol–water partition coefficient (Wildman–Crippen LogP) is 3.66. The lowest BCUT2D eigenvalue weighted by molar-refractivity contribution is -0.123. The number of anilines is 2. The normalized spacial score (nSPS) is 11.7. The topological polar surface area (TPSA) is 81.4 Å². The van der Waals surface area contributed by atoms with Crippen LogP contribution in [0.15, 0.2) is 40.9 Å². The summed E-state index contributed by atoms with van der Waals surface area (Å²) >= 11 is 3.24. The predicted molar refractivity (Wildman–Crippen MR) is 93.2 cm³/mol. The molecule has 0 radical (unpaired) electrons. The minimum Gasteiger partial charge on any atom is -0.449 e. The fourth-order valence-electron chi connectivity index (χ4n) is 1.90. The molecule has 7 heteroatoms. The zero-order chi connectivity index (χ0) is 17.9. The maximum absolute atomic E-state index is 13.5. The molecule has 1 amide bonds. The van der Waals surface area contributed by atoms with E-state index in [2.05, 4.69) is 21.2 Å². The van der Waals surface area contributed by atoms with Crippen molar-refractivity contribution >= 4 is 39.2 Å². The van der Waals surface area contributed by atoms with E-state index in [9.17, 15) is 14.0 Å². The molecule has 2 aromatic rings. The van der Waals surface area contributed by atoms with E-state index in [0.29, 0.717) is 10.0 Å². The van der Waals surface area contributed by atoms with Crippen LogP contribution >= 0.6 is 15.9 Å². The van der Waals surface area contributed by atoms with Gasteiger partial charge in [-0.25, -0.2) is 9.18 Å². The maximum Gasteiger partial charge on any atom is 0.341 e. The van der Waals surface area contributed by atoms with Crippen molar-refractivity contribution in [3.8, 4) is 0 Å². The summed E-state index contributed by atoms with van der Waals surface area (Å²) < 4.78 is 19.3. The first-order valence-corrected chi connectivity index (χ1v) is 7.90. The molecule has 0 aliphatic carbocycles. The third-order valence-corrected chi connectivity index (χ3v) is 3.82. The molecular formula is C17H16BrFN2O3. The van der Waals surface area contributed by atoms with Gasteiger partial charge in [-0.05, 0) is 49.7 Å². The Morgan fingerprint density at radius 3 is 2.62 bits per heavy atom. The molecule has 126 valence electrons. The first-order chi connectivity index (χ1) is 11.3. The highest BCUT2D eigenvalue weighted by molar-refractivity contribution is 9.10. The Morgan fingerprint density at radius 1 is 1.25 bits per heavy atom. The molecule has 0 spiro atoms. The Labute approximate surface area is 147 Å². The Hall–Kier alpha value is -2.41. The SMILES string of the molecule is Cc1ccc(NC(=O)[C@@H](C)OC(=O)c2cc(Br)ccc2N)cc1F. The van der Waals surface area contributed by atoms with E-state index in [4.69, 9.17) is 10.5 Å². The molecule has 0 saturated heterocycles. The average molecular weight is 395 g/mol. The lowest BCUT2D eigenvalue weighted by Crippen LogP contribution is -2.30. The quantitative estimate of drug-likeness (QED) is 0.612. The van der Waals surface area contributed by atoms with Crippen LogP contribution in [0.3, 0.4) is 0 Å². The number of carbonyl (C=O) groups is 2. The van der Waals surface area contributed by atoms with Crippen LogP contribution in [0.4, 0.5) is 15.8 Å². The van der Waals surface area contributed by atoms with Gasteiger partial charge in [-0.1, -0.05) is 22.0 Å². The van der Waals surface area contributed by atoms with Crippen molar-refractivity contribution in [2.24, 2.45) is 0 Å². The molecule has 0 heterocycles. The number of nitrogens with one attached hydrogen (secondary N) is 1. The summed E-state index contributed by atoms with van der Waals surface area (Å²) in [5.41, 5.74) is 6.89. The zero-order valence-corrected chi connectivity index (χ0v) is 14.7. The molecule has 24 heavy (non-hydrogen) atoms. The third kappa shape index (κ3) is 4.32. The minimum absolute atomic E-state index is 0.158. The van der Waals surface area contributed by atoms with Crippen LogP contribution in [0.2, 0.25) is 0 Å². The molecule has 3 N–H and O–H groups in total. The van der Waals surface area contributed by atoms with Crippen LogP contribution in [0.5, 0.6) is 0 Å². The van der Waals surface area contributed by atoms with Crippen molar-refractivity contribution in [3.05, 3.63) is 57.8 Å². The molecule has 5 nitrogen and oxygen atoms in total. The Morgan fingerprint density at radius 2 is 1.96 bits per heavy atom. The van der Waals surface area contributed by atoms with Crippen LogP contribution in [-0.4, -0.2) is 18.0 Å². The number of ether oxygens (including phenoxy) is 1. The smallest absolute Gasteiger partial charge is 0.341 e. The summed E-state index contributed by atoms with van der Waals surface area (Å²) in [6.45, 7) is 3.04. The van der Waals surface area contributed by atoms with E-state index in [0.717, 1.165) is 0 Å². The number of nitrogen functional groups attached to an aromatic ring is 1.